The van der Waals surface area contributed by atoms with Crippen LogP contribution in [0.3, 0.4) is 0 Å². The van der Waals surface area contributed by atoms with Crippen LogP contribution in [-0.4, -0.2) is 65.1 Å². The number of alkyl halides is 3. The lowest BCUT2D eigenvalue weighted by Gasteiger charge is -2.34. The average Bonchev–Trinajstić information content (AvgIpc) is 3.01. The van der Waals surface area contributed by atoms with Crippen molar-refractivity contribution in [3.63, 3.8) is 0 Å². The van der Waals surface area contributed by atoms with E-state index in [9.17, 15) is 27.6 Å². The topological polar surface area (TPSA) is 85.5 Å². The molecule has 1 aromatic heterocycles. The first-order valence-corrected chi connectivity index (χ1v) is 10.2. The van der Waals surface area contributed by atoms with Crippen molar-refractivity contribution in [2.24, 2.45) is 0 Å². The summed E-state index contributed by atoms with van der Waals surface area (Å²) in [5.41, 5.74) is 0.978. The highest BCUT2D eigenvalue weighted by molar-refractivity contribution is 6.02. The maximum absolute atomic E-state index is 13.1. The Kier molecular flexibility index (Phi) is 6.73. The molecule has 0 atom stereocenters. The van der Waals surface area contributed by atoms with E-state index in [1.54, 1.807) is 23.6 Å². The molecule has 2 N–H and O–H groups in total. The molecule has 1 aromatic carbocycles. The lowest BCUT2D eigenvalue weighted by Crippen LogP contribution is -2.50. The van der Waals surface area contributed by atoms with Gasteiger partial charge in [0.2, 0.25) is 5.91 Å². The average molecular weight is 450 g/mol. The maximum Gasteiger partial charge on any atom is 0.418 e. The van der Waals surface area contributed by atoms with Gasteiger partial charge >= 0.3 is 6.18 Å². The van der Waals surface area contributed by atoms with Gasteiger partial charge in [0.05, 0.1) is 17.8 Å². The van der Waals surface area contributed by atoms with Gasteiger partial charge < -0.3 is 15.2 Å². The number of aromatic nitrogens is 1. The first kappa shape index (κ1) is 23.5. The quantitative estimate of drug-likeness (QED) is 0.685. The van der Waals surface area contributed by atoms with Crippen molar-refractivity contribution >= 4 is 23.3 Å². The SMILES string of the molecule is CC(=O)c1c(C)[nH]c(C(=O)N2CCN(CC(=O)Nc3ccccc3C(F)(F)F)CC2)c1C. The van der Waals surface area contributed by atoms with Gasteiger partial charge in [0.15, 0.2) is 5.78 Å². The summed E-state index contributed by atoms with van der Waals surface area (Å²) in [7, 11) is 0. The van der Waals surface area contributed by atoms with Crippen molar-refractivity contribution in [3.8, 4) is 0 Å². The summed E-state index contributed by atoms with van der Waals surface area (Å²) < 4.78 is 39.3. The van der Waals surface area contributed by atoms with Crippen LogP contribution in [0.1, 0.15) is 44.6 Å². The van der Waals surface area contributed by atoms with Gasteiger partial charge in [-0.3, -0.25) is 19.3 Å². The summed E-state index contributed by atoms with van der Waals surface area (Å²) in [6.07, 6.45) is -4.56. The molecular weight excluding hydrogens is 425 g/mol. The number of piperazine rings is 1. The van der Waals surface area contributed by atoms with Gasteiger partial charge in [-0.05, 0) is 38.5 Å². The molecule has 172 valence electrons. The van der Waals surface area contributed by atoms with Crippen molar-refractivity contribution in [1.29, 1.82) is 0 Å². The zero-order chi connectivity index (χ0) is 23.6. The number of aromatic amines is 1. The molecule has 3 rings (SSSR count). The van der Waals surface area contributed by atoms with Crippen molar-refractivity contribution in [2.45, 2.75) is 26.9 Å². The number of Topliss-reactive ketones (excluding diaryl/α,β-unsaturated/α-hetero) is 1. The second-order valence-electron chi connectivity index (χ2n) is 7.84. The summed E-state index contributed by atoms with van der Waals surface area (Å²) in [4.78, 5) is 43.4. The predicted molar refractivity (Wildman–Crippen MR) is 113 cm³/mol. The number of carbonyl (C=O) groups is 3. The molecule has 2 heterocycles. The van der Waals surface area contributed by atoms with E-state index in [0.29, 0.717) is 48.7 Å². The van der Waals surface area contributed by atoms with Crippen LogP contribution < -0.4 is 5.32 Å². The van der Waals surface area contributed by atoms with Crippen LogP contribution in [-0.2, 0) is 11.0 Å². The predicted octanol–water partition coefficient (Wildman–Crippen LogP) is 3.25. The second-order valence-corrected chi connectivity index (χ2v) is 7.84. The maximum atomic E-state index is 13.1. The number of hydrogen-bond donors (Lipinski definition) is 2. The minimum atomic E-state index is -4.56. The summed E-state index contributed by atoms with van der Waals surface area (Å²) in [6.45, 7) is 6.37. The van der Waals surface area contributed by atoms with Crippen molar-refractivity contribution in [3.05, 3.63) is 52.3 Å². The number of anilines is 1. The number of carbonyl (C=O) groups excluding carboxylic acids is 3. The molecule has 7 nitrogen and oxygen atoms in total. The standard InChI is InChI=1S/C22H25F3N4O3/c1-13-19(15(3)30)14(2)26-20(13)21(32)29-10-8-28(9-11-29)12-18(31)27-17-7-5-4-6-16(17)22(23,24)25/h4-7,26H,8-12H2,1-3H3,(H,27,31). The minimum absolute atomic E-state index is 0.0800. The third kappa shape index (κ3) is 5.01. The van der Waals surface area contributed by atoms with Crippen molar-refractivity contribution in [2.75, 3.05) is 38.0 Å². The number of hydrogen-bond acceptors (Lipinski definition) is 4. The summed E-state index contributed by atoms with van der Waals surface area (Å²) in [5, 5.41) is 2.33. The highest BCUT2D eigenvalue weighted by Gasteiger charge is 2.34. The van der Waals surface area contributed by atoms with Gasteiger partial charge in [0.25, 0.3) is 5.91 Å². The van der Waals surface area contributed by atoms with Gasteiger partial charge in [0, 0.05) is 37.4 Å². The minimum Gasteiger partial charge on any atom is -0.354 e. The number of H-pyrrole nitrogens is 1. The van der Waals surface area contributed by atoms with E-state index in [1.807, 2.05) is 0 Å². The Hall–Kier alpha value is -3.14. The number of amides is 2. The Morgan fingerprint density at radius 3 is 2.25 bits per heavy atom. The fourth-order valence-electron chi connectivity index (χ4n) is 3.99. The van der Waals surface area contributed by atoms with Crippen LogP contribution in [0, 0.1) is 13.8 Å². The molecule has 1 fully saturated rings. The van der Waals surface area contributed by atoms with Crippen LogP contribution in [0.5, 0.6) is 0 Å². The fourth-order valence-corrected chi connectivity index (χ4v) is 3.99. The van der Waals surface area contributed by atoms with E-state index in [0.717, 1.165) is 6.07 Å². The molecule has 32 heavy (non-hydrogen) atoms. The fraction of sp³-hybridized carbons (Fsp3) is 0.409. The Morgan fingerprint density at radius 1 is 1.06 bits per heavy atom. The van der Waals surface area contributed by atoms with Crippen LogP contribution in [0.4, 0.5) is 18.9 Å². The van der Waals surface area contributed by atoms with Crippen LogP contribution in [0.25, 0.3) is 0 Å². The molecule has 2 aromatic rings. The van der Waals surface area contributed by atoms with Crippen molar-refractivity contribution < 1.29 is 27.6 Å². The first-order chi connectivity index (χ1) is 15.0. The molecule has 0 unspecified atom stereocenters. The highest BCUT2D eigenvalue weighted by atomic mass is 19.4. The molecule has 0 aliphatic carbocycles. The lowest BCUT2D eigenvalue weighted by atomic mass is 10.1. The number of halogens is 3. The molecule has 10 heteroatoms. The second kappa shape index (κ2) is 9.15. The van der Waals surface area contributed by atoms with E-state index in [1.165, 1.54) is 25.1 Å². The first-order valence-electron chi connectivity index (χ1n) is 10.2. The molecule has 0 spiro atoms. The molecule has 1 aliphatic rings. The van der Waals surface area contributed by atoms with E-state index in [2.05, 4.69) is 10.3 Å². The van der Waals surface area contributed by atoms with Gasteiger partial charge in [-0.25, -0.2) is 0 Å². The highest BCUT2D eigenvalue weighted by Crippen LogP contribution is 2.34. The Balaban J connectivity index is 1.58. The van der Waals surface area contributed by atoms with E-state index >= 15 is 0 Å². The van der Waals surface area contributed by atoms with Crippen molar-refractivity contribution in [1.82, 2.24) is 14.8 Å². The molecule has 0 radical (unpaired) electrons. The summed E-state index contributed by atoms with van der Waals surface area (Å²) in [6, 6.07) is 4.83. The molecule has 0 saturated carbocycles. The third-order valence-corrected chi connectivity index (χ3v) is 5.54. The number of para-hydroxylation sites is 1. The summed E-state index contributed by atoms with van der Waals surface area (Å²) in [5.74, 6) is -0.886. The van der Waals surface area contributed by atoms with Gasteiger partial charge in [-0.1, -0.05) is 12.1 Å². The molecular formula is C22H25F3N4O3. The van der Waals surface area contributed by atoms with Gasteiger partial charge in [0.1, 0.15) is 5.69 Å². The monoisotopic (exact) mass is 450 g/mol. The number of aryl methyl sites for hydroxylation is 1. The zero-order valence-corrected chi connectivity index (χ0v) is 18.1. The molecule has 1 aliphatic heterocycles. The zero-order valence-electron chi connectivity index (χ0n) is 18.1. The van der Waals surface area contributed by atoms with Gasteiger partial charge in [-0.2, -0.15) is 13.2 Å². The van der Waals surface area contributed by atoms with Crippen LogP contribution in [0.2, 0.25) is 0 Å². The molecule has 1 saturated heterocycles. The van der Waals surface area contributed by atoms with Gasteiger partial charge in [-0.15, -0.1) is 0 Å². The lowest BCUT2D eigenvalue weighted by molar-refractivity contribution is -0.137. The smallest absolute Gasteiger partial charge is 0.354 e. The normalized spacial score (nSPS) is 15.0. The Bertz CT molecular complexity index is 1040. The third-order valence-electron chi connectivity index (χ3n) is 5.54. The van der Waals surface area contributed by atoms with Crippen LogP contribution in [0.15, 0.2) is 24.3 Å². The summed E-state index contributed by atoms with van der Waals surface area (Å²) >= 11 is 0. The van der Waals surface area contributed by atoms with E-state index in [-0.39, 0.29) is 23.9 Å². The number of rotatable bonds is 5. The Labute approximate surface area is 183 Å². The van der Waals surface area contributed by atoms with E-state index in [4.69, 9.17) is 0 Å². The number of nitrogens with zero attached hydrogens (tertiary/aromatic N) is 2. The molecule has 2 amide bonds. The molecule has 0 bridgehead atoms. The Morgan fingerprint density at radius 2 is 1.69 bits per heavy atom. The number of ketones is 1. The number of nitrogens with one attached hydrogen (secondary N) is 2. The van der Waals surface area contributed by atoms with E-state index < -0.39 is 17.6 Å². The largest absolute Gasteiger partial charge is 0.418 e. The van der Waals surface area contributed by atoms with Crippen LogP contribution >= 0.6 is 0 Å². The number of benzene rings is 1.